The molecule has 0 saturated heterocycles. The number of amides is 1. The van der Waals surface area contributed by atoms with E-state index in [9.17, 15) is 4.79 Å². The van der Waals surface area contributed by atoms with Crippen LogP contribution in [0.4, 0.5) is 0 Å². The van der Waals surface area contributed by atoms with E-state index in [1.54, 1.807) is 10.9 Å². The van der Waals surface area contributed by atoms with E-state index in [1.165, 1.54) is 6.33 Å². The Morgan fingerprint density at radius 2 is 1.92 bits per heavy atom. The van der Waals surface area contributed by atoms with Gasteiger partial charge in [-0.3, -0.25) is 4.79 Å². The summed E-state index contributed by atoms with van der Waals surface area (Å²) in [5, 5.41) is 7.86. The molecule has 2 heterocycles. The average molecular weight is 339 g/mol. The van der Waals surface area contributed by atoms with Crippen molar-refractivity contribution in [2.45, 2.75) is 33.7 Å². The number of nitrogens with zero attached hydrogens (tertiary/aromatic N) is 4. The fourth-order valence-corrected chi connectivity index (χ4v) is 2.70. The fourth-order valence-electron chi connectivity index (χ4n) is 2.70. The van der Waals surface area contributed by atoms with E-state index in [1.807, 2.05) is 39.8 Å². The van der Waals surface area contributed by atoms with E-state index in [0.717, 1.165) is 16.8 Å². The Bertz CT molecular complexity index is 897. The standard InChI is InChI=1S/C18H21N5O2/c1-11(2)22-16(24)9-25-18-15-8-21-23(17(15)19-10-20-18)14-6-12(3)5-13(4)7-14/h5-8,10-11H,9H2,1-4H3,(H,22,24). The van der Waals surface area contributed by atoms with Gasteiger partial charge in [0.25, 0.3) is 5.91 Å². The van der Waals surface area contributed by atoms with Crippen LogP contribution >= 0.6 is 0 Å². The largest absolute Gasteiger partial charge is 0.467 e. The Balaban J connectivity index is 1.91. The highest BCUT2D eigenvalue weighted by Crippen LogP contribution is 2.24. The number of carbonyl (C=O) groups is 1. The van der Waals surface area contributed by atoms with E-state index in [-0.39, 0.29) is 18.6 Å². The fraction of sp³-hybridized carbons (Fsp3) is 0.333. The van der Waals surface area contributed by atoms with E-state index < -0.39 is 0 Å². The average Bonchev–Trinajstić information content (AvgIpc) is 2.96. The molecule has 0 atom stereocenters. The molecule has 1 N–H and O–H groups in total. The lowest BCUT2D eigenvalue weighted by molar-refractivity contribution is -0.123. The van der Waals surface area contributed by atoms with Gasteiger partial charge >= 0.3 is 0 Å². The van der Waals surface area contributed by atoms with Crippen molar-refractivity contribution < 1.29 is 9.53 Å². The lowest BCUT2D eigenvalue weighted by atomic mass is 10.1. The summed E-state index contributed by atoms with van der Waals surface area (Å²) in [6.07, 6.45) is 3.07. The highest BCUT2D eigenvalue weighted by molar-refractivity contribution is 5.82. The molecule has 7 heteroatoms. The lowest BCUT2D eigenvalue weighted by Gasteiger charge is -2.09. The minimum Gasteiger partial charge on any atom is -0.467 e. The summed E-state index contributed by atoms with van der Waals surface area (Å²) in [7, 11) is 0. The topological polar surface area (TPSA) is 81.9 Å². The number of hydrogen-bond acceptors (Lipinski definition) is 5. The van der Waals surface area contributed by atoms with Crippen molar-refractivity contribution in [3.63, 3.8) is 0 Å². The van der Waals surface area contributed by atoms with Crippen molar-refractivity contribution in [3.8, 4) is 11.6 Å². The van der Waals surface area contributed by atoms with Crippen LogP contribution in [0.1, 0.15) is 25.0 Å². The molecule has 7 nitrogen and oxygen atoms in total. The van der Waals surface area contributed by atoms with Gasteiger partial charge in [0.15, 0.2) is 12.3 Å². The number of rotatable bonds is 5. The molecule has 0 saturated carbocycles. The molecule has 0 spiro atoms. The molecule has 3 aromatic rings. The summed E-state index contributed by atoms with van der Waals surface area (Å²) in [6, 6.07) is 6.25. The zero-order chi connectivity index (χ0) is 18.0. The zero-order valence-electron chi connectivity index (χ0n) is 14.8. The summed E-state index contributed by atoms with van der Waals surface area (Å²) in [4.78, 5) is 20.2. The third kappa shape index (κ3) is 3.76. The third-order valence-corrected chi connectivity index (χ3v) is 3.57. The summed E-state index contributed by atoms with van der Waals surface area (Å²) in [5.74, 6) is 0.156. The molecule has 1 amide bonds. The minimum absolute atomic E-state index is 0.0637. The highest BCUT2D eigenvalue weighted by Gasteiger charge is 2.14. The first-order chi connectivity index (χ1) is 11.9. The van der Waals surface area contributed by atoms with Gasteiger partial charge in [-0.1, -0.05) is 6.07 Å². The molecular weight excluding hydrogens is 318 g/mol. The van der Waals surface area contributed by atoms with Crippen molar-refractivity contribution in [2.75, 3.05) is 6.61 Å². The van der Waals surface area contributed by atoms with Gasteiger partial charge in [-0.2, -0.15) is 5.10 Å². The Morgan fingerprint density at radius 3 is 2.60 bits per heavy atom. The Kier molecular flexibility index (Phi) is 4.65. The van der Waals surface area contributed by atoms with Crippen LogP contribution in [0.3, 0.4) is 0 Å². The number of fused-ring (bicyclic) bond motifs is 1. The second-order valence-corrected chi connectivity index (χ2v) is 6.33. The number of carbonyl (C=O) groups excluding carboxylic acids is 1. The molecule has 0 aliphatic carbocycles. The highest BCUT2D eigenvalue weighted by atomic mass is 16.5. The zero-order valence-corrected chi connectivity index (χ0v) is 14.8. The molecule has 0 aliphatic rings. The molecular formula is C18H21N5O2. The van der Waals surface area contributed by atoms with Gasteiger partial charge in [-0.15, -0.1) is 0 Å². The number of nitrogens with one attached hydrogen (secondary N) is 1. The smallest absolute Gasteiger partial charge is 0.258 e. The second kappa shape index (κ2) is 6.88. The van der Waals surface area contributed by atoms with Gasteiger partial charge < -0.3 is 10.1 Å². The molecule has 0 unspecified atom stereocenters. The molecule has 0 radical (unpaired) electrons. The molecule has 25 heavy (non-hydrogen) atoms. The first-order valence-corrected chi connectivity index (χ1v) is 8.13. The van der Waals surface area contributed by atoms with Gasteiger partial charge in [0.05, 0.1) is 11.9 Å². The van der Waals surface area contributed by atoms with E-state index in [0.29, 0.717) is 16.9 Å². The molecule has 0 bridgehead atoms. The van der Waals surface area contributed by atoms with Gasteiger partial charge in [0.1, 0.15) is 11.7 Å². The van der Waals surface area contributed by atoms with Crippen molar-refractivity contribution in [1.82, 2.24) is 25.1 Å². The van der Waals surface area contributed by atoms with Crippen molar-refractivity contribution in [2.24, 2.45) is 0 Å². The maximum atomic E-state index is 11.8. The maximum Gasteiger partial charge on any atom is 0.258 e. The number of aromatic nitrogens is 4. The quantitative estimate of drug-likeness (QED) is 0.771. The maximum absolute atomic E-state index is 11.8. The van der Waals surface area contributed by atoms with Crippen LogP contribution in [-0.4, -0.2) is 38.3 Å². The van der Waals surface area contributed by atoms with Crippen LogP contribution in [0.5, 0.6) is 5.88 Å². The van der Waals surface area contributed by atoms with Crippen LogP contribution in [-0.2, 0) is 4.79 Å². The second-order valence-electron chi connectivity index (χ2n) is 6.33. The molecule has 2 aromatic heterocycles. The summed E-state index contributed by atoms with van der Waals surface area (Å²) < 4.78 is 7.31. The molecule has 3 rings (SSSR count). The lowest BCUT2D eigenvalue weighted by Crippen LogP contribution is -2.34. The van der Waals surface area contributed by atoms with Gasteiger partial charge in [-0.05, 0) is 51.0 Å². The monoisotopic (exact) mass is 339 g/mol. The Hall–Kier alpha value is -2.96. The SMILES string of the molecule is Cc1cc(C)cc(-n2ncc3c(OCC(=O)NC(C)C)ncnc32)c1. The molecule has 1 aromatic carbocycles. The Morgan fingerprint density at radius 1 is 1.20 bits per heavy atom. The third-order valence-electron chi connectivity index (χ3n) is 3.57. The van der Waals surface area contributed by atoms with Crippen molar-refractivity contribution in [3.05, 3.63) is 41.9 Å². The van der Waals surface area contributed by atoms with E-state index >= 15 is 0 Å². The van der Waals surface area contributed by atoms with Crippen LogP contribution in [0.25, 0.3) is 16.7 Å². The number of benzene rings is 1. The Labute approximate surface area is 146 Å². The first kappa shape index (κ1) is 16.9. The summed E-state index contributed by atoms with van der Waals surface area (Å²) in [5.41, 5.74) is 3.86. The summed E-state index contributed by atoms with van der Waals surface area (Å²) in [6.45, 7) is 7.78. The number of aryl methyl sites for hydroxylation is 2. The van der Waals surface area contributed by atoms with E-state index in [4.69, 9.17) is 4.74 Å². The van der Waals surface area contributed by atoms with Gasteiger partial charge in [0.2, 0.25) is 5.88 Å². The van der Waals surface area contributed by atoms with Crippen LogP contribution < -0.4 is 10.1 Å². The first-order valence-electron chi connectivity index (χ1n) is 8.13. The normalized spacial score (nSPS) is 11.1. The van der Waals surface area contributed by atoms with Crippen molar-refractivity contribution in [1.29, 1.82) is 0 Å². The van der Waals surface area contributed by atoms with Gasteiger partial charge in [0, 0.05) is 6.04 Å². The van der Waals surface area contributed by atoms with Crippen molar-refractivity contribution >= 4 is 16.9 Å². The minimum atomic E-state index is -0.191. The molecule has 0 fully saturated rings. The van der Waals surface area contributed by atoms with Gasteiger partial charge in [-0.25, -0.2) is 14.6 Å². The predicted octanol–water partition coefficient (Wildman–Crippen LogP) is 2.34. The van der Waals surface area contributed by atoms with Crippen LogP contribution in [0.2, 0.25) is 0 Å². The van der Waals surface area contributed by atoms with Crippen LogP contribution in [0, 0.1) is 13.8 Å². The number of hydrogen-bond donors (Lipinski definition) is 1. The number of ether oxygens (including phenoxy) is 1. The summed E-state index contributed by atoms with van der Waals surface area (Å²) >= 11 is 0. The predicted molar refractivity (Wildman–Crippen MR) is 94.9 cm³/mol. The van der Waals surface area contributed by atoms with E-state index in [2.05, 4.69) is 26.4 Å². The molecule has 130 valence electrons. The molecule has 0 aliphatic heterocycles. The van der Waals surface area contributed by atoms with Crippen LogP contribution in [0.15, 0.2) is 30.7 Å².